The number of carbonyl (C=O) groups is 2. The van der Waals surface area contributed by atoms with Gasteiger partial charge >= 0.3 is 5.97 Å². The van der Waals surface area contributed by atoms with Gasteiger partial charge in [-0.1, -0.05) is 36.4 Å². The second-order valence-electron chi connectivity index (χ2n) is 7.72. The minimum Gasteiger partial charge on any atom is -0.495 e. The highest BCUT2D eigenvalue weighted by Gasteiger charge is 2.27. The lowest BCUT2D eigenvalue weighted by atomic mass is 10.1. The topological polar surface area (TPSA) is 102 Å². The van der Waals surface area contributed by atoms with Crippen LogP contribution in [0.4, 0.5) is 11.4 Å². The van der Waals surface area contributed by atoms with Gasteiger partial charge in [0.25, 0.3) is 15.9 Å². The van der Waals surface area contributed by atoms with Crippen LogP contribution in [0, 0.1) is 6.92 Å². The molecule has 0 spiro atoms. The van der Waals surface area contributed by atoms with Crippen LogP contribution in [0.2, 0.25) is 0 Å². The largest absolute Gasteiger partial charge is 0.495 e. The number of hydrogen-bond acceptors (Lipinski definition) is 6. The van der Waals surface area contributed by atoms with Crippen LogP contribution >= 0.6 is 0 Å². The number of anilines is 2. The predicted octanol–water partition coefficient (Wildman–Crippen LogP) is 4.40. The highest BCUT2D eigenvalue weighted by Crippen LogP contribution is 2.27. The Kier molecular flexibility index (Phi) is 8.14. The third kappa shape index (κ3) is 5.81. The van der Waals surface area contributed by atoms with Crippen molar-refractivity contribution in [2.24, 2.45) is 0 Å². The first-order valence-corrected chi connectivity index (χ1v) is 12.5. The molecule has 0 aliphatic carbocycles. The molecule has 0 aliphatic rings. The maximum absolute atomic E-state index is 13.5. The van der Waals surface area contributed by atoms with Crippen LogP contribution in [-0.2, 0) is 19.6 Å². The number of benzene rings is 3. The molecule has 184 valence electrons. The number of sulfonamides is 1. The summed E-state index contributed by atoms with van der Waals surface area (Å²) in [6, 6.07) is 19.9. The number of carbonyl (C=O) groups excluding carboxylic acids is 2. The molecule has 3 aromatic rings. The van der Waals surface area contributed by atoms with Crippen molar-refractivity contribution in [3.63, 3.8) is 0 Å². The Morgan fingerprint density at radius 2 is 1.66 bits per heavy atom. The van der Waals surface area contributed by atoms with Crippen LogP contribution in [-0.4, -0.2) is 40.1 Å². The first-order chi connectivity index (χ1) is 16.7. The summed E-state index contributed by atoms with van der Waals surface area (Å²) in [7, 11) is -2.47. The summed E-state index contributed by atoms with van der Waals surface area (Å²) in [4.78, 5) is 25.4. The molecule has 0 saturated carbocycles. The van der Waals surface area contributed by atoms with Gasteiger partial charge in [-0.2, -0.15) is 0 Å². The fourth-order valence-electron chi connectivity index (χ4n) is 3.47. The first-order valence-electron chi connectivity index (χ1n) is 11.0. The standard InChI is InChI=1S/C26H28N2O6S/c1-5-28(21-11-7-6-8-12-21)35(31,32)24-17-20(16-15-18(24)2)26(30)34-19(3)25(29)27-22-13-9-10-14-23(22)33-4/h6-17,19H,5H2,1-4H3,(H,27,29)/t19-/m0/s1. The number of aryl methyl sites for hydroxylation is 1. The molecule has 0 aliphatic heterocycles. The van der Waals surface area contributed by atoms with E-state index in [-0.39, 0.29) is 17.0 Å². The van der Waals surface area contributed by atoms with Gasteiger partial charge in [0, 0.05) is 6.54 Å². The molecule has 0 saturated heterocycles. The lowest BCUT2D eigenvalue weighted by molar-refractivity contribution is -0.123. The lowest BCUT2D eigenvalue weighted by Gasteiger charge is -2.24. The molecule has 0 fully saturated rings. The van der Waals surface area contributed by atoms with E-state index in [1.807, 2.05) is 0 Å². The maximum atomic E-state index is 13.5. The van der Waals surface area contributed by atoms with E-state index < -0.39 is 28.0 Å². The quantitative estimate of drug-likeness (QED) is 0.441. The number of rotatable bonds is 9. The van der Waals surface area contributed by atoms with Crippen molar-refractivity contribution in [1.29, 1.82) is 0 Å². The molecule has 1 amide bonds. The number of nitrogens with one attached hydrogen (secondary N) is 1. The number of hydrogen-bond donors (Lipinski definition) is 1. The molecule has 35 heavy (non-hydrogen) atoms. The Labute approximate surface area is 205 Å². The summed E-state index contributed by atoms with van der Waals surface area (Å²) in [6.07, 6.45) is -1.13. The van der Waals surface area contributed by atoms with Gasteiger partial charge in [-0.25, -0.2) is 13.2 Å². The number of methoxy groups -OCH3 is 1. The number of amides is 1. The second-order valence-corrected chi connectivity index (χ2v) is 9.55. The van der Waals surface area contributed by atoms with E-state index in [1.54, 1.807) is 74.5 Å². The van der Waals surface area contributed by atoms with E-state index in [0.29, 0.717) is 22.7 Å². The molecule has 1 atom stereocenters. The maximum Gasteiger partial charge on any atom is 0.338 e. The summed E-state index contributed by atoms with van der Waals surface area (Å²) in [5.74, 6) is -0.900. The fourth-order valence-corrected chi connectivity index (χ4v) is 5.20. The zero-order chi connectivity index (χ0) is 25.6. The van der Waals surface area contributed by atoms with Crippen LogP contribution in [0.25, 0.3) is 0 Å². The monoisotopic (exact) mass is 496 g/mol. The van der Waals surface area contributed by atoms with Gasteiger partial charge in [-0.05, 0) is 62.7 Å². The van der Waals surface area contributed by atoms with E-state index >= 15 is 0 Å². The summed E-state index contributed by atoms with van der Waals surface area (Å²) in [5.41, 5.74) is 1.46. The number of esters is 1. The summed E-state index contributed by atoms with van der Waals surface area (Å²) < 4.78 is 38.7. The van der Waals surface area contributed by atoms with E-state index in [1.165, 1.54) is 30.5 Å². The van der Waals surface area contributed by atoms with Crippen molar-refractivity contribution in [2.75, 3.05) is 23.3 Å². The molecule has 3 rings (SSSR count). The minimum absolute atomic E-state index is 0.0104. The van der Waals surface area contributed by atoms with E-state index in [0.717, 1.165) is 0 Å². The third-order valence-electron chi connectivity index (χ3n) is 5.34. The van der Waals surface area contributed by atoms with E-state index in [4.69, 9.17) is 9.47 Å². The van der Waals surface area contributed by atoms with Crippen LogP contribution in [0.3, 0.4) is 0 Å². The molecule has 1 N–H and O–H groups in total. The van der Waals surface area contributed by atoms with Crippen LogP contribution in [0.15, 0.2) is 77.7 Å². The number of nitrogens with zero attached hydrogens (tertiary/aromatic N) is 1. The van der Waals surface area contributed by atoms with Crippen molar-refractivity contribution >= 4 is 33.3 Å². The van der Waals surface area contributed by atoms with Crippen LogP contribution in [0.1, 0.15) is 29.8 Å². The molecular weight excluding hydrogens is 468 g/mol. The molecule has 0 radical (unpaired) electrons. The Balaban J connectivity index is 1.81. The molecule has 9 heteroatoms. The molecule has 0 bridgehead atoms. The van der Waals surface area contributed by atoms with E-state index in [2.05, 4.69) is 5.32 Å². The third-order valence-corrected chi connectivity index (χ3v) is 7.39. The molecule has 0 unspecified atom stereocenters. The minimum atomic E-state index is -3.95. The van der Waals surface area contributed by atoms with Crippen molar-refractivity contribution in [3.8, 4) is 5.75 Å². The average Bonchev–Trinajstić information content (AvgIpc) is 2.85. The SMILES string of the molecule is CCN(c1ccccc1)S(=O)(=O)c1cc(C(=O)O[C@@H](C)C(=O)Nc2ccccc2OC)ccc1C. The van der Waals surface area contributed by atoms with Crippen molar-refractivity contribution < 1.29 is 27.5 Å². The summed E-state index contributed by atoms with van der Waals surface area (Å²) in [6.45, 7) is 5.04. The Morgan fingerprint density at radius 1 is 1.00 bits per heavy atom. The van der Waals surface area contributed by atoms with Gasteiger partial charge < -0.3 is 14.8 Å². The lowest BCUT2D eigenvalue weighted by Crippen LogP contribution is -2.32. The first kappa shape index (κ1) is 25.8. The zero-order valence-electron chi connectivity index (χ0n) is 20.0. The van der Waals surface area contributed by atoms with Crippen LogP contribution < -0.4 is 14.4 Å². The van der Waals surface area contributed by atoms with Gasteiger partial charge in [0.05, 0.1) is 28.9 Å². The van der Waals surface area contributed by atoms with Crippen molar-refractivity contribution in [2.45, 2.75) is 31.8 Å². The fraction of sp³-hybridized carbons (Fsp3) is 0.231. The van der Waals surface area contributed by atoms with Crippen LogP contribution in [0.5, 0.6) is 5.75 Å². The summed E-state index contributed by atoms with van der Waals surface area (Å²) in [5, 5.41) is 2.66. The van der Waals surface area contributed by atoms with Gasteiger partial charge in [0.1, 0.15) is 5.75 Å². The Morgan fingerprint density at radius 3 is 2.31 bits per heavy atom. The zero-order valence-corrected chi connectivity index (χ0v) is 20.8. The number of para-hydroxylation sites is 3. The second kappa shape index (κ2) is 11.1. The van der Waals surface area contributed by atoms with Gasteiger partial charge in [0.2, 0.25) is 0 Å². The van der Waals surface area contributed by atoms with Crippen molar-refractivity contribution in [1.82, 2.24) is 0 Å². The van der Waals surface area contributed by atoms with Gasteiger partial charge in [-0.15, -0.1) is 0 Å². The number of ether oxygens (including phenoxy) is 2. The smallest absolute Gasteiger partial charge is 0.338 e. The highest BCUT2D eigenvalue weighted by molar-refractivity contribution is 7.92. The molecular formula is C26H28N2O6S. The molecule has 3 aromatic carbocycles. The Hall–Kier alpha value is -3.85. The van der Waals surface area contributed by atoms with Gasteiger partial charge in [0.15, 0.2) is 6.10 Å². The highest BCUT2D eigenvalue weighted by atomic mass is 32.2. The summed E-state index contributed by atoms with van der Waals surface area (Å²) >= 11 is 0. The molecule has 0 aromatic heterocycles. The Bertz CT molecular complexity index is 1310. The van der Waals surface area contributed by atoms with E-state index in [9.17, 15) is 18.0 Å². The molecule has 8 nitrogen and oxygen atoms in total. The predicted molar refractivity (Wildman–Crippen MR) is 134 cm³/mol. The molecule has 0 heterocycles. The van der Waals surface area contributed by atoms with Crippen molar-refractivity contribution in [3.05, 3.63) is 83.9 Å². The average molecular weight is 497 g/mol. The normalized spacial score (nSPS) is 11.9. The van der Waals surface area contributed by atoms with Gasteiger partial charge in [-0.3, -0.25) is 9.10 Å².